The lowest BCUT2D eigenvalue weighted by Crippen LogP contribution is -2.44. The molecule has 0 unspecified atom stereocenters. The average Bonchev–Trinajstić information content (AvgIpc) is 1.91. The van der Waals surface area contributed by atoms with E-state index in [0.29, 0.717) is 6.42 Å². The number of rotatable bonds is 2. The van der Waals surface area contributed by atoms with Crippen LogP contribution in [0.15, 0.2) is 0 Å². The molecule has 2 N–H and O–H groups in total. The van der Waals surface area contributed by atoms with E-state index < -0.39 is 16.1 Å². The predicted octanol–water partition coefficient (Wildman–Crippen LogP) is -0.161. The molecule has 0 aliphatic heterocycles. The summed E-state index contributed by atoms with van der Waals surface area (Å²) in [6, 6.07) is -0.270. The van der Waals surface area contributed by atoms with Crippen LogP contribution in [-0.4, -0.2) is 31.9 Å². The number of hydrogen-bond donors (Lipinski definition) is 2. The van der Waals surface area contributed by atoms with Crippen LogP contribution in [0, 0.1) is 0 Å². The van der Waals surface area contributed by atoms with Crippen molar-refractivity contribution in [3.05, 3.63) is 0 Å². The zero-order valence-corrected chi connectivity index (χ0v) is 7.97. The Hall–Kier alpha value is -0.130. The summed E-state index contributed by atoms with van der Waals surface area (Å²) in [7, 11) is -3.17. The minimum atomic E-state index is -3.17. The third kappa shape index (κ3) is 3.08. The molecular weight excluding hydrogens is 178 g/mol. The maximum atomic E-state index is 10.8. The molecule has 0 aromatic heterocycles. The van der Waals surface area contributed by atoms with Crippen LogP contribution in [0.3, 0.4) is 0 Å². The molecule has 1 aliphatic carbocycles. The van der Waals surface area contributed by atoms with E-state index in [4.69, 9.17) is 0 Å². The molecule has 0 heterocycles. The molecule has 0 bridgehead atoms. The Labute approximate surface area is 73.0 Å². The van der Waals surface area contributed by atoms with Crippen molar-refractivity contribution in [1.82, 2.24) is 4.72 Å². The topological polar surface area (TPSA) is 66.4 Å². The summed E-state index contributed by atoms with van der Waals surface area (Å²) in [4.78, 5) is 0. The van der Waals surface area contributed by atoms with Gasteiger partial charge < -0.3 is 5.11 Å². The molecule has 0 amide bonds. The molecule has 0 radical (unpaired) electrons. The van der Waals surface area contributed by atoms with Gasteiger partial charge in [0.25, 0.3) is 0 Å². The number of nitrogens with one attached hydrogen (secondary N) is 1. The van der Waals surface area contributed by atoms with Gasteiger partial charge in [0, 0.05) is 6.04 Å². The Morgan fingerprint density at radius 2 is 1.92 bits per heavy atom. The SMILES string of the molecule is CS(=O)(=O)N[C@H]1CCCC[C@@H]1O. The first-order chi connectivity index (χ1) is 5.49. The van der Waals surface area contributed by atoms with Crippen LogP contribution in [-0.2, 0) is 10.0 Å². The van der Waals surface area contributed by atoms with Crippen molar-refractivity contribution in [2.45, 2.75) is 37.8 Å². The number of sulfonamides is 1. The Bertz CT molecular complexity index is 237. The second kappa shape index (κ2) is 3.72. The van der Waals surface area contributed by atoms with E-state index in [2.05, 4.69) is 4.72 Å². The summed E-state index contributed by atoms with van der Waals surface area (Å²) in [5.74, 6) is 0. The van der Waals surface area contributed by atoms with E-state index in [9.17, 15) is 13.5 Å². The van der Waals surface area contributed by atoms with Gasteiger partial charge in [0.05, 0.1) is 12.4 Å². The molecule has 1 aliphatic rings. The van der Waals surface area contributed by atoms with Crippen molar-refractivity contribution < 1.29 is 13.5 Å². The summed E-state index contributed by atoms with van der Waals surface area (Å²) in [5.41, 5.74) is 0. The molecule has 0 saturated heterocycles. The summed E-state index contributed by atoms with van der Waals surface area (Å²) >= 11 is 0. The molecule has 4 nitrogen and oxygen atoms in total. The predicted molar refractivity (Wildman–Crippen MR) is 46.2 cm³/mol. The van der Waals surface area contributed by atoms with Crippen molar-refractivity contribution in [2.75, 3.05) is 6.26 Å². The number of hydrogen-bond acceptors (Lipinski definition) is 3. The van der Waals surface area contributed by atoms with E-state index in [1.807, 2.05) is 0 Å². The Balaban J connectivity index is 2.50. The zero-order valence-electron chi connectivity index (χ0n) is 7.16. The van der Waals surface area contributed by atoms with Gasteiger partial charge in [-0.3, -0.25) is 0 Å². The zero-order chi connectivity index (χ0) is 9.19. The first kappa shape index (κ1) is 9.95. The van der Waals surface area contributed by atoms with Crippen LogP contribution >= 0.6 is 0 Å². The number of aliphatic hydroxyl groups excluding tert-OH is 1. The Kier molecular flexibility index (Phi) is 3.09. The normalized spacial score (nSPS) is 31.8. The lowest BCUT2D eigenvalue weighted by molar-refractivity contribution is 0.101. The molecule has 12 heavy (non-hydrogen) atoms. The molecule has 0 aromatic carbocycles. The van der Waals surface area contributed by atoms with Crippen LogP contribution in [0.25, 0.3) is 0 Å². The van der Waals surface area contributed by atoms with Crippen molar-refractivity contribution in [1.29, 1.82) is 0 Å². The monoisotopic (exact) mass is 193 g/mol. The largest absolute Gasteiger partial charge is 0.391 e. The lowest BCUT2D eigenvalue weighted by Gasteiger charge is -2.27. The molecule has 0 spiro atoms. The van der Waals surface area contributed by atoms with Gasteiger partial charge in [-0.2, -0.15) is 0 Å². The summed E-state index contributed by atoms with van der Waals surface area (Å²) < 4.78 is 24.1. The summed E-state index contributed by atoms with van der Waals surface area (Å²) in [5, 5.41) is 9.41. The second-order valence-corrected chi connectivity index (χ2v) is 5.13. The van der Waals surface area contributed by atoms with Gasteiger partial charge in [0.2, 0.25) is 10.0 Å². The minimum Gasteiger partial charge on any atom is -0.391 e. The minimum absolute atomic E-state index is 0.270. The maximum Gasteiger partial charge on any atom is 0.209 e. The van der Waals surface area contributed by atoms with E-state index in [0.717, 1.165) is 25.5 Å². The van der Waals surface area contributed by atoms with Gasteiger partial charge in [-0.1, -0.05) is 12.8 Å². The van der Waals surface area contributed by atoms with Crippen molar-refractivity contribution in [2.24, 2.45) is 0 Å². The van der Waals surface area contributed by atoms with Crippen molar-refractivity contribution in [3.63, 3.8) is 0 Å². The molecule has 1 saturated carbocycles. The van der Waals surface area contributed by atoms with Crippen LogP contribution in [0.1, 0.15) is 25.7 Å². The fraction of sp³-hybridized carbons (Fsp3) is 1.00. The quantitative estimate of drug-likeness (QED) is 0.640. The first-order valence-electron chi connectivity index (χ1n) is 4.14. The van der Waals surface area contributed by atoms with Crippen LogP contribution in [0.2, 0.25) is 0 Å². The molecule has 0 aromatic rings. The van der Waals surface area contributed by atoms with Gasteiger partial charge in [0.15, 0.2) is 0 Å². The highest BCUT2D eigenvalue weighted by molar-refractivity contribution is 7.88. The fourth-order valence-electron chi connectivity index (χ4n) is 1.52. The summed E-state index contributed by atoms with van der Waals surface area (Å²) in [6.45, 7) is 0. The van der Waals surface area contributed by atoms with Crippen molar-refractivity contribution >= 4 is 10.0 Å². The standard InChI is InChI=1S/C7H15NO3S/c1-12(10,11)8-6-4-2-3-5-7(6)9/h6-9H,2-5H2,1H3/t6-,7-/m0/s1. The smallest absolute Gasteiger partial charge is 0.209 e. The molecule has 2 atom stereocenters. The van der Waals surface area contributed by atoms with Gasteiger partial charge in [0.1, 0.15) is 0 Å². The highest BCUT2D eigenvalue weighted by Gasteiger charge is 2.25. The number of aliphatic hydroxyl groups is 1. The highest BCUT2D eigenvalue weighted by atomic mass is 32.2. The third-order valence-electron chi connectivity index (χ3n) is 2.09. The van der Waals surface area contributed by atoms with E-state index in [1.165, 1.54) is 0 Å². The van der Waals surface area contributed by atoms with Crippen LogP contribution in [0.5, 0.6) is 0 Å². The van der Waals surface area contributed by atoms with Crippen molar-refractivity contribution in [3.8, 4) is 0 Å². The highest BCUT2D eigenvalue weighted by Crippen LogP contribution is 2.18. The van der Waals surface area contributed by atoms with E-state index in [1.54, 1.807) is 0 Å². The van der Waals surface area contributed by atoms with E-state index >= 15 is 0 Å². The molecule has 5 heteroatoms. The fourth-order valence-corrected chi connectivity index (χ4v) is 2.35. The van der Waals surface area contributed by atoms with Gasteiger partial charge in [-0.25, -0.2) is 13.1 Å². The Morgan fingerprint density at radius 3 is 2.42 bits per heavy atom. The average molecular weight is 193 g/mol. The molecule has 1 rings (SSSR count). The summed E-state index contributed by atoms with van der Waals surface area (Å²) in [6.07, 6.45) is 4.04. The van der Waals surface area contributed by atoms with Gasteiger partial charge in [-0.05, 0) is 12.8 Å². The van der Waals surface area contributed by atoms with Crippen LogP contribution in [0.4, 0.5) is 0 Å². The van der Waals surface area contributed by atoms with Gasteiger partial charge in [-0.15, -0.1) is 0 Å². The molecule has 1 fully saturated rings. The first-order valence-corrected chi connectivity index (χ1v) is 6.03. The molecule has 72 valence electrons. The second-order valence-electron chi connectivity index (χ2n) is 3.35. The van der Waals surface area contributed by atoms with Crippen LogP contribution < -0.4 is 4.72 Å². The maximum absolute atomic E-state index is 10.8. The third-order valence-corrected chi connectivity index (χ3v) is 2.83. The molecular formula is C7H15NO3S. The van der Waals surface area contributed by atoms with E-state index in [-0.39, 0.29) is 6.04 Å². The van der Waals surface area contributed by atoms with Gasteiger partial charge >= 0.3 is 0 Å². The Morgan fingerprint density at radius 1 is 1.33 bits per heavy atom. The lowest BCUT2D eigenvalue weighted by atomic mass is 9.93.